The van der Waals surface area contributed by atoms with Crippen LogP contribution in [0, 0.1) is 13.8 Å². The molecule has 0 bridgehead atoms. The fourth-order valence-electron chi connectivity index (χ4n) is 2.96. The number of pyridine rings is 1. The van der Waals surface area contributed by atoms with Crippen LogP contribution in [0.2, 0.25) is 0 Å². The molecule has 120 valence electrons. The summed E-state index contributed by atoms with van der Waals surface area (Å²) in [7, 11) is 0. The third-order valence-corrected chi connectivity index (χ3v) is 3.97. The SMILES string of the molecule is CC(=O)N1CCC[C@@H]1c1nc(C)cc(Nc2cccc(C)n2)n1. The molecule has 1 N–H and O–H groups in total. The monoisotopic (exact) mass is 311 g/mol. The van der Waals surface area contributed by atoms with E-state index < -0.39 is 0 Å². The van der Waals surface area contributed by atoms with Crippen molar-refractivity contribution < 1.29 is 4.79 Å². The van der Waals surface area contributed by atoms with E-state index in [-0.39, 0.29) is 11.9 Å². The number of amides is 1. The van der Waals surface area contributed by atoms with Gasteiger partial charge >= 0.3 is 0 Å². The van der Waals surface area contributed by atoms with Crippen LogP contribution in [0.3, 0.4) is 0 Å². The van der Waals surface area contributed by atoms with Crippen molar-refractivity contribution in [1.29, 1.82) is 0 Å². The quantitative estimate of drug-likeness (QED) is 0.943. The summed E-state index contributed by atoms with van der Waals surface area (Å²) >= 11 is 0. The predicted octanol–water partition coefficient (Wildman–Crippen LogP) is 2.92. The number of aryl methyl sites for hydroxylation is 2. The maximum absolute atomic E-state index is 11.8. The molecule has 1 fully saturated rings. The molecule has 0 saturated carbocycles. The molecule has 6 nitrogen and oxygen atoms in total. The summed E-state index contributed by atoms with van der Waals surface area (Å²) < 4.78 is 0. The molecular formula is C17H21N5O. The highest BCUT2D eigenvalue weighted by molar-refractivity contribution is 5.74. The van der Waals surface area contributed by atoms with Crippen LogP contribution in [0.1, 0.15) is 43.0 Å². The van der Waals surface area contributed by atoms with Crippen LogP contribution in [0.15, 0.2) is 24.3 Å². The summed E-state index contributed by atoms with van der Waals surface area (Å²) in [6, 6.07) is 7.67. The van der Waals surface area contributed by atoms with Gasteiger partial charge < -0.3 is 10.2 Å². The van der Waals surface area contributed by atoms with Crippen molar-refractivity contribution in [2.24, 2.45) is 0 Å². The lowest BCUT2D eigenvalue weighted by Gasteiger charge is -2.22. The van der Waals surface area contributed by atoms with Crippen LogP contribution in [0.4, 0.5) is 11.6 Å². The van der Waals surface area contributed by atoms with Crippen molar-refractivity contribution in [2.45, 2.75) is 39.7 Å². The number of hydrogen-bond donors (Lipinski definition) is 1. The summed E-state index contributed by atoms with van der Waals surface area (Å²) in [5, 5.41) is 3.23. The van der Waals surface area contributed by atoms with Gasteiger partial charge in [-0.3, -0.25) is 4.79 Å². The zero-order chi connectivity index (χ0) is 16.4. The second-order valence-corrected chi connectivity index (χ2v) is 5.91. The van der Waals surface area contributed by atoms with Gasteiger partial charge in [-0.2, -0.15) is 0 Å². The summed E-state index contributed by atoms with van der Waals surface area (Å²) in [4.78, 5) is 27.2. The molecular weight excluding hydrogens is 290 g/mol. The molecule has 3 heterocycles. The Bertz CT molecular complexity index is 731. The Labute approximate surface area is 136 Å². The second-order valence-electron chi connectivity index (χ2n) is 5.91. The van der Waals surface area contributed by atoms with Crippen molar-refractivity contribution >= 4 is 17.5 Å². The highest BCUT2D eigenvalue weighted by Gasteiger charge is 2.30. The molecule has 1 aliphatic heterocycles. The number of anilines is 2. The van der Waals surface area contributed by atoms with Gasteiger partial charge in [-0.1, -0.05) is 6.07 Å². The molecule has 0 aromatic carbocycles. The summed E-state index contributed by atoms with van der Waals surface area (Å²) in [5.41, 5.74) is 1.82. The van der Waals surface area contributed by atoms with Crippen molar-refractivity contribution in [3.8, 4) is 0 Å². The fraction of sp³-hybridized carbons (Fsp3) is 0.412. The van der Waals surface area contributed by atoms with Gasteiger partial charge in [-0.15, -0.1) is 0 Å². The molecule has 1 amide bonds. The van der Waals surface area contributed by atoms with Crippen LogP contribution < -0.4 is 5.32 Å². The minimum Gasteiger partial charge on any atom is -0.333 e. The van der Waals surface area contributed by atoms with Gasteiger partial charge in [-0.25, -0.2) is 15.0 Å². The standard InChI is InChI=1S/C17H21N5O/c1-11-6-4-8-15(18-11)20-16-10-12(2)19-17(21-16)14-7-5-9-22(14)13(3)23/h4,6,8,10,14H,5,7,9H2,1-3H3,(H,18,19,20,21)/t14-/m1/s1. The fourth-order valence-corrected chi connectivity index (χ4v) is 2.96. The van der Waals surface area contributed by atoms with Gasteiger partial charge in [0.2, 0.25) is 5.91 Å². The Hall–Kier alpha value is -2.50. The Balaban J connectivity index is 1.88. The average molecular weight is 311 g/mol. The first-order valence-electron chi connectivity index (χ1n) is 7.86. The van der Waals surface area contributed by atoms with Crippen LogP contribution in [0.25, 0.3) is 0 Å². The van der Waals surface area contributed by atoms with Crippen molar-refractivity contribution in [1.82, 2.24) is 19.9 Å². The first-order valence-corrected chi connectivity index (χ1v) is 7.86. The molecule has 2 aromatic rings. The number of carbonyl (C=O) groups excluding carboxylic acids is 1. The zero-order valence-corrected chi connectivity index (χ0v) is 13.7. The first-order chi connectivity index (χ1) is 11.0. The second kappa shape index (κ2) is 6.32. The Morgan fingerprint density at radius 3 is 2.74 bits per heavy atom. The third kappa shape index (κ3) is 3.47. The number of nitrogens with zero attached hydrogens (tertiary/aromatic N) is 4. The average Bonchev–Trinajstić information content (AvgIpc) is 2.96. The molecule has 0 spiro atoms. The Morgan fingerprint density at radius 2 is 2.00 bits per heavy atom. The Kier molecular flexibility index (Phi) is 4.23. The minimum absolute atomic E-state index is 0.0292. The lowest BCUT2D eigenvalue weighted by molar-refractivity contribution is -0.129. The topological polar surface area (TPSA) is 71.0 Å². The van der Waals surface area contributed by atoms with E-state index in [0.717, 1.165) is 36.6 Å². The highest BCUT2D eigenvalue weighted by atomic mass is 16.2. The molecule has 23 heavy (non-hydrogen) atoms. The predicted molar refractivity (Wildman–Crippen MR) is 88.4 cm³/mol. The Morgan fingerprint density at radius 1 is 1.17 bits per heavy atom. The normalized spacial score (nSPS) is 17.3. The zero-order valence-electron chi connectivity index (χ0n) is 13.7. The van der Waals surface area contributed by atoms with E-state index in [1.54, 1.807) is 6.92 Å². The van der Waals surface area contributed by atoms with E-state index >= 15 is 0 Å². The number of nitrogens with one attached hydrogen (secondary N) is 1. The molecule has 3 rings (SSSR count). The minimum atomic E-state index is -0.0292. The molecule has 6 heteroatoms. The molecule has 1 saturated heterocycles. The van der Waals surface area contributed by atoms with Crippen molar-refractivity contribution in [2.75, 3.05) is 11.9 Å². The molecule has 0 aliphatic carbocycles. The summed E-state index contributed by atoms with van der Waals surface area (Å²) in [5.74, 6) is 2.24. The van der Waals surface area contributed by atoms with Crippen LogP contribution in [-0.4, -0.2) is 32.3 Å². The number of aromatic nitrogens is 3. The van der Waals surface area contributed by atoms with Gasteiger partial charge in [0.1, 0.15) is 11.6 Å². The van der Waals surface area contributed by atoms with Crippen molar-refractivity contribution in [3.63, 3.8) is 0 Å². The van der Waals surface area contributed by atoms with E-state index in [4.69, 9.17) is 0 Å². The van der Waals surface area contributed by atoms with Crippen LogP contribution in [-0.2, 0) is 4.79 Å². The maximum Gasteiger partial charge on any atom is 0.220 e. The molecule has 1 aliphatic rings. The van der Waals surface area contributed by atoms with Gasteiger partial charge in [0, 0.05) is 30.9 Å². The van der Waals surface area contributed by atoms with E-state index in [9.17, 15) is 4.79 Å². The molecule has 0 radical (unpaired) electrons. The first kappa shape index (κ1) is 15.4. The molecule has 2 aromatic heterocycles. The van der Waals surface area contributed by atoms with Gasteiger partial charge in [0.15, 0.2) is 5.82 Å². The van der Waals surface area contributed by atoms with Crippen molar-refractivity contribution in [3.05, 3.63) is 41.5 Å². The maximum atomic E-state index is 11.8. The smallest absolute Gasteiger partial charge is 0.220 e. The van der Waals surface area contributed by atoms with E-state index in [0.29, 0.717) is 11.6 Å². The number of carbonyl (C=O) groups is 1. The lowest BCUT2D eigenvalue weighted by atomic mass is 10.2. The molecule has 0 unspecified atom stereocenters. The summed E-state index contributed by atoms with van der Waals surface area (Å²) in [6.45, 7) is 6.27. The van der Waals surface area contributed by atoms with Gasteiger partial charge in [-0.05, 0) is 38.8 Å². The van der Waals surface area contributed by atoms with E-state index in [2.05, 4.69) is 20.3 Å². The van der Waals surface area contributed by atoms with Crippen LogP contribution >= 0.6 is 0 Å². The third-order valence-electron chi connectivity index (χ3n) is 3.97. The van der Waals surface area contributed by atoms with E-state index in [1.807, 2.05) is 43.0 Å². The van der Waals surface area contributed by atoms with E-state index in [1.165, 1.54) is 0 Å². The number of hydrogen-bond acceptors (Lipinski definition) is 5. The van der Waals surface area contributed by atoms with Crippen LogP contribution in [0.5, 0.6) is 0 Å². The lowest BCUT2D eigenvalue weighted by Crippen LogP contribution is -2.29. The van der Waals surface area contributed by atoms with Gasteiger partial charge in [0.25, 0.3) is 0 Å². The van der Waals surface area contributed by atoms with Gasteiger partial charge in [0.05, 0.1) is 6.04 Å². The summed E-state index contributed by atoms with van der Waals surface area (Å²) in [6.07, 6.45) is 1.90. The number of likely N-dealkylation sites (tertiary alicyclic amines) is 1. The number of rotatable bonds is 3. The highest BCUT2D eigenvalue weighted by Crippen LogP contribution is 2.30. The molecule has 1 atom stereocenters. The largest absolute Gasteiger partial charge is 0.333 e.